The van der Waals surface area contributed by atoms with Gasteiger partial charge in [0.15, 0.2) is 0 Å². The molecule has 2 saturated heterocycles. The Morgan fingerprint density at radius 2 is 1.94 bits per heavy atom. The van der Waals surface area contributed by atoms with Gasteiger partial charge in [0.1, 0.15) is 0 Å². The van der Waals surface area contributed by atoms with Gasteiger partial charge in [-0.1, -0.05) is 0 Å². The number of ether oxygens (including phenoxy) is 1. The maximum Gasteiger partial charge on any atom is 0.409 e. The van der Waals surface area contributed by atoms with E-state index in [9.17, 15) is 4.79 Å². The van der Waals surface area contributed by atoms with E-state index in [-0.39, 0.29) is 12.7 Å². The van der Waals surface area contributed by atoms with Crippen molar-refractivity contribution in [2.45, 2.75) is 6.42 Å². The fraction of sp³-hybridized carbons (Fsp3) is 0.909. The molecule has 0 spiro atoms. The Morgan fingerprint density at radius 1 is 1.31 bits per heavy atom. The number of hydrogen-bond donors (Lipinski definition) is 1. The van der Waals surface area contributed by atoms with Crippen LogP contribution in [0, 0.1) is 11.8 Å². The SMILES string of the molecule is CN1C[C@@H]2CN(C(=O)OCCCO)C[C@@H]2C1. The first-order chi connectivity index (χ1) is 7.70. The molecule has 0 aromatic heterocycles. The second-order valence-corrected chi connectivity index (χ2v) is 4.84. The normalized spacial score (nSPS) is 29.5. The van der Waals surface area contributed by atoms with Crippen molar-refractivity contribution in [1.29, 1.82) is 0 Å². The Labute approximate surface area is 96.0 Å². The van der Waals surface area contributed by atoms with Gasteiger partial charge in [-0.3, -0.25) is 0 Å². The van der Waals surface area contributed by atoms with E-state index in [0.29, 0.717) is 24.9 Å². The van der Waals surface area contributed by atoms with Crippen LogP contribution < -0.4 is 0 Å². The molecule has 5 nitrogen and oxygen atoms in total. The molecule has 0 bridgehead atoms. The van der Waals surface area contributed by atoms with Gasteiger partial charge in [0.05, 0.1) is 6.61 Å². The van der Waals surface area contributed by atoms with Gasteiger partial charge in [-0.2, -0.15) is 0 Å². The molecule has 0 aromatic carbocycles. The largest absolute Gasteiger partial charge is 0.449 e. The molecule has 5 heteroatoms. The van der Waals surface area contributed by atoms with Crippen LogP contribution >= 0.6 is 0 Å². The highest BCUT2D eigenvalue weighted by atomic mass is 16.6. The maximum atomic E-state index is 11.6. The van der Waals surface area contributed by atoms with Crippen molar-refractivity contribution in [1.82, 2.24) is 9.80 Å². The van der Waals surface area contributed by atoms with Crippen LogP contribution in [-0.4, -0.2) is 67.4 Å². The molecule has 16 heavy (non-hydrogen) atoms. The van der Waals surface area contributed by atoms with Crippen LogP contribution in [0.5, 0.6) is 0 Å². The van der Waals surface area contributed by atoms with Crippen LogP contribution in [0.25, 0.3) is 0 Å². The van der Waals surface area contributed by atoms with Crippen LogP contribution in [0.4, 0.5) is 4.79 Å². The van der Waals surface area contributed by atoms with Crippen LogP contribution in [0.15, 0.2) is 0 Å². The fourth-order valence-corrected chi connectivity index (χ4v) is 2.69. The van der Waals surface area contributed by atoms with Crippen molar-refractivity contribution in [3.63, 3.8) is 0 Å². The summed E-state index contributed by atoms with van der Waals surface area (Å²) in [6.07, 6.45) is 0.306. The molecule has 0 radical (unpaired) electrons. The number of nitrogens with zero attached hydrogens (tertiary/aromatic N) is 2. The van der Waals surface area contributed by atoms with Gasteiger partial charge < -0.3 is 19.6 Å². The summed E-state index contributed by atoms with van der Waals surface area (Å²) in [4.78, 5) is 15.8. The van der Waals surface area contributed by atoms with Gasteiger partial charge in [-0.15, -0.1) is 0 Å². The molecule has 2 atom stereocenters. The molecule has 2 aliphatic heterocycles. The molecule has 2 rings (SSSR count). The van der Waals surface area contributed by atoms with E-state index in [0.717, 1.165) is 26.2 Å². The second kappa shape index (κ2) is 5.01. The van der Waals surface area contributed by atoms with E-state index in [1.807, 2.05) is 0 Å². The number of aliphatic hydroxyl groups is 1. The molecule has 2 aliphatic rings. The topological polar surface area (TPSA) is 53.0 Å². The van der Waals surface area contributed by atoms with Crippen LogP contribution in [0.2, 0.25) is 0 Å². The number of amides is 1. The molecule has 1 N–H and O–H groups in total. The standard InChI is InChI=1S/C11H20N2O3/c1-12-5-9-7-13(8-10(9)6-12)11(15)16-4-2-3-14/h9-10,14H,2-8H2,1H3/t9-,10+. The highest BCUT2D eigenvalue weighted by Crippen LogP contribution is 2.30. The van der Waals surface area contributed by atoms with E-state index in [1.54, 1.807) is 4.90 Å². The number of aliphatic hydroxyl groups excluding tert-OH is 1. The predicted molar refractivity (Wildman–Crippen MR) is 59.1 cm³/mol. The molecular formula is C11H20N2O3. The number of carbonyl (C=O) groups excluding carboxylic acids is 1. The zero-order chi connectivity index (χ0) is 11.5. The van der Waals surface area contributed by atoms with Gasteiger partial charge in [-0.25, -0.2) is 4.79 Å². The van der Waals surface area contributed by atoms with Gasteiger partial charge in [0.25, 0.3) is 0 Å². The Bertz CT molecular complexity index is 246. The first-order valence-corrected chi connectivity index (χ1v) is 5.92. The minimum atomic E-state index is -0.217. The average Bonchev–Trinajstić information content (AvgIpc) is 2.74. The number of carbonyl (C=O) groups is 1. The van der Waals surface area contributed by atoms with Gasteiger partial charge in [0, 0.05) is 39.2 Å². The number of likely N-dealkylation sites (tertiary alicyclic amines) is 2. The van der Waals surface area contributed by atoms with Crippen LogP contribution in [0.1, 0.15) is 6.42 Å². The summed E-state index contributed by atoms with van der Waals surface area (Å²) in [6, 6.07) is 0. The van der Waals surface area contributed by atoms with Crippen molar-refractivity contribution in [2.24, 2.45) is 11.8 Å². The van der Waals surface area contributed by atoms with Crippen molar-refractivity contribution in [3.8, 4) is 0 Å². The zero-order valence-corrected chi connectivity index (χ0v) is 9.76. The highest BCUT2D eigenvalue weighted by molar-refractivity contribution is 5.68. The van der Waals surface area contributed by atoms with Crippen molar-refractivity contribution < 1.29 is 14.6 Å². The van der Waals surface area contributed by atoms with Crippen molar-refractivity contribution >= 4 is 6.09 Å². The highest BCUT2D eigenvalue weighted by Gasteiger charge is 2.40. The lowest BCUT2D eigenvalue weighted by Gasteiger charge is -2.18. The predicted octanol–water partition coefficient (Wildman–Crippen LogP) is -0.00120. The lowest BCUT2D eigenvalue weighted by molar-refractivity contribution is 0.0996. The van der Waals surface area contributed by atoms with E-state index >= 15 is 0 Å². The summed E-state index contributed by atoms with van der Waals surface area (Å²) < 4.78 is 5.07. The summed E-state index contributed by atoms with van der Waals surface area (Å²) in [7, 11) is 2.13. The Balaban J connectivity index is 1.75. The molecule has 0 aliphatic carbocycles. The summed E-state index contributed by atoms with van der Waals surface area (Å²) in [5, 5.41) is 8.59. The molecule has 0 saturated carbocycles. The van der Waals surface area contributed by atoms with Crippen LogP contribution in [0.3, 0.4) is 0 Å². The zero-order valence-electron chi connectivity index (χ0n) is 9.76. The first kappa shape index (κ1) is 11.7. The summed E-state index contributed by atoms with van der Waals surface area (Å²) in [6.45, 7) is 4.22. The lowest BCUT2D eigenvalue weighted by Crippen LogP contribution is -2.33. The molecule has 2 heterocycles. The van der Waals surface area contributed by atoms with Gasteiger partial charge in [0.2, 0.25) is 0 Å². The molecule has 1 amide bonds. The average molecular weight is 228 g/mol. The molecule has 0 aromatic rings. The van der Waals surface area contributed by atoms with Crippen molar-refractivity contribution in [3.05, 3.63) is 0 Å². The van der Waals surface area contributed by atoms with Crippen molar-refractivity contribution in [2.75, 3.05) is 46.4 Å². The van der Waals surface area contributed by atoms with E-state index in [4.69, 9.17) is 9.84 Å². The maximum absolute atomic E-state index is 11.6. The van der Waals surface area contributed by atoms with Gasteiger partial charge in [-0.05, 0) is 18.9 Å². The van der Waals surface area contributed by atoms with E-state index in [1.165, 1.54) is 0 Å². The minimum Gasteiger partial charge on any atom is -0.449 e. The third kappa shape index (κ3) is 2.47. The fourth-order valence-electron chi connectivity index (χ4n) is 2.69. The first-order valence-electron chi connectivity index (χ1n) is 5.92. The molecule has 0 unspecified atom stereocenters. The van der Waals surface area contributed by atoms with Crippen LogP contribution in [-0.2, 0) is 4.74 Å². The third-order valence-electron chi connectivity index (χ3n) is 3.46. The summed E-state index contributed by atoms with van der Waals surface area (Å²) >= 11 is 0. The molecule has 92 valence electrons. The molecular weight excluding hydrogens is 208 g/mol. The summed E-state index contributed by atoms with van der Waals surface area (Å²) in [5.41, 5.74) is 0. The number of hydrogen-bond acceptors (Lipinski definition) is 4. The Hall–Kier alpha value is -0.810. The number of fused-ring (bicyclic) bond motifs is 1. The molecule has 2 fully saturated rings. The summed E-state index contributed by atoms with van der Waals surface area (Å²) in [5.74, 6) is 1.24. The smallest absolute Gasteiger partial charge is 0.409 e. The third-order valence-corrected chi connectivity index (χ3v) is 3.46. The van der Waals surface area contributed by atoms with Gasteiger partial charge >= 0.3 is 6.09 Å². The minimum absolute atomic E-state index is 0.0727. The quantitative estimate of drug-likeness (QED) is 0.691. The monoisotopic (exact) mass is 228 g/mol. The second-order valence-electron chi connectivity index (χ2n) is 4.84. The van der Waals surface area contributed by atoms with E-state index < -0.39 is 0 Å². The Morgan fingerprint density at radius 3 is 2.50 bits per heavy atom. The lowest BCUT2D eigenvalue weighted by atomic mass is 10.0. The number of rotatable bonds is 3. The Kier molecular flexibility index (Phi) is 3.66. The van der Waals surface area contributed by atoms with E-state index in [2.05, 4.69) is 11.9 Å².